The lowest BCUT2D eigenvalue weighted by Gasteiger charge is -2.28. The molecule has 0 spiro atoms. The SMILES string of the molecule is CCOc1cc([C@H]2NC(=O)NC(C)=C2C(=O)OC)ccc1OC[C@@H](O)N/N=C\c1ccc(-c2ccc(C(=O)O)c(Cl)c2)o1. The highest BCUT2D eigenvalue weighted by Gasteiger charge is 2.32. The van der Waals surface area contributed by atoms with Gasteiger partial charge in [-0.15, -0.1) is 0 Å². The number of ether oxygens (including phenoxy) is 3. The Morgan fingerprint density at radius 3 is 2.65 bits per heavy atom. The van der Waals surface area contributed by atoms with E-state index in [1.54, 1.807) is 50.2 Å². The number of methoxy groups -OCH3 is 1. The zero-order valence-electron chi connectivity index (χ0n) is 23.3. The van der Waals surface area contributed by atoms with E-state index < -0.39 is 30.2 Å². The Kier molecular flexibility index (Phi) is 9.91. The van der Waals surface area contributed by atoms with Crippen LogP contribution >= 0.6 is 11.6 Å². The maximum absolute atomic E-state index is 12.4. The van der Waals surface area contributed by atoms with Gasteiger partial charge >= 0.3 is 18.0 Å². The number of hydrogen-bond donors (Lipinski definition) is 5. The van der Waals surface area contributed by atoms with Gasteiger partial charge in [0, 0.05) is 11.3 Å². The number of nitrogens with zero attached hydrogens (tertiary/aromatic N) is 1. The van der Waals surface area contributed by atoms with E-state index in [4.69, 9.17) is 35.3 Å². The molecule has 4 rings (SSSR count). The predicted molar refractivity (Wildman–Crippen MR) is 155 cm³/mol. The van der Waals surface area contributed by atoms with Crippen molar-refractivity contribution in [3.8, 4) is 22.8 Å². The normalized spacial score (nSPS) is 15.5. The van der Waals surface area contributed by atoms with E-state index in [1.165, 1.54) is 25.5 Å². The molecule has 2 heterocycles. The molecular weight excluding hydrogens is 584 g/mol. The van der Waals surface area contributed by atoms with Crippen molar-refractivity contribution in [2.45, 2.75) is 26.1 Å². The van der Waals surface area contributed by atoms with E-state index in [9.17, 15) is 19.5 Å². The predicted octanol–water partition coefficient (Wildman–Crippen LogP) is 3.82. The number of aromatic carboxylic acids is 1. The summed E-state index contributed by atoms with van der Waals surface area (Å²) in [6, 6.07) is 11.4. The Morgan fingerprint density at radius 1 is 1.16 bits per heavy atom. The molecule has 14 heteroatoms. The Bertz CT molecular complexity index is 1580. The third-order valence-electron chi connectivity index (χ3n) is 6.20. The van der Waals surface area contributed by atoms with Gasteiger partial charge in [-0.1, -0.05) is 23.7 Å². The molecule has 2 amide bonds. The number of urea groups is 1. The Balaban J connectivity index is 1.39. The van der Waals surface area contributed by atoms with Gasteiger partial charge in [0.15, 0.2) is 17.7 Å². The highest BCUT2D eigenvalue weighted by atomic mass is 35.5. The van der Waals surface area contributed by atoms with E-state index in [1.807, 2.05) is 0 Å². The van der Waals surface area contributed by atoms with Gasteiger partial charge in [0.25, 0.3) is 0 Å². The van der Waals surface area contributed by atoms with E-state index >= 15 is 0 Å². The first-order valence-corrected chi connectivity index (χ1v) is 13.3. The number of carboxylic acids is 1. The quantitative estimate of drug-likeness (QED) is 0.0873. The lowest BCUT2D eigenvalue weighted by molar-refractivity contribution is -0.136. The van der Waals surface area contributed by atoms with Gasteiger partial charge in [0.1, 0.15) is 18.1 Å². The summed E-state index contributed by atoms with van der Waals surface area (Å²) in [6.45, 7) is 3.50. The molecule has 0 aliphatic carbocycles. The lowest BCUT2D eigenvalue weighted by Crippen LogP contribution is -2.45. The van der Waals surface area contributed by atoms with Crippen LogP contribution in [0.15, 0.2) is 69.3 Å². The van der Waals surface area contributed by atoms with Crippen LogP contribution < -0.4 is 25.5 Å². The first-order chi connectivity index (χ1) is 20.6. The van der Waals surface area contributed by atoms with Crippen molar-refractivity contribution >= 4 is 35.8 Å². The van der Waals surface area contributed by atoms with Gasteiger partial charge in [-0.3, -0.25) is 5.43 Å². The summed E-state index contributed by atoms with van der Waals surface area (Å²) >= 11 is 6.03. The minimum Gasteiger partial charge on any atom is -0.490 e. The molecular formula is C29H29ClN4O9. The van der Waals surface area contributed by atoms with Gasteiger partial charge in [-0.2, -0.15) is 5.10 Å². The van der Waals surface area contributed by atoms with Crippen LogP contribution in [0, 0.1) is 0 Å². The fourth-order valence-electron chi connectivity index (χ4n) is 4.23. The molecule has 0 saturated carbocycles. The van der Waals surface area contributed by atoms with Crippen molar-refractivity contribution in [3.63, 3.8) is 0 Å². The van der Waals surface area contributed by atoms with Gasteiger partial charge < -0.3 is 39.5 Å². The van der Waals surface area contributed by atoms with Crippen LogP contribution in [0.5, 0.6) is 11.5 Å². The monoisotopic (exact) mass is 612 g/mol. The molecule has 2 aromatic carbocycles. The van der Waals surface area contributed by atoms with Crippen molar-refractivity contribution in [2.24, 2.45) is 5.10 Å². The molecule has 43 heavy (non-hydrogen) atoms. The molecule has 1 aliphatic heterocycles. The number of hydrogen-bond acceptors (Lipinski definition) is 10. The van der Waals surface area contributed by atoms with Gasteiger partial charge in [-0.25, -0.2) is 14.4 Å². The highest BCUT2D eigenvalue weighted by molar-refractivity contribution is 6.33. The summed E-state index contributed by atoms with van der Waals surface area (Å²) in [5, 5.41) is 28.8. The molecule has 0 fully saturated rings. The lowest BCUT2D eigenvalue weighted by atomic mass is 9.95. The van der Waals surface area contributed by atoms with Crippen molar-refractivity contribution in [1.82, 2.24) is 16.1 Å². The summed E-state index contributed by atoms with van der Waals surface area (Å²) < 4.78 is 22.0. The number of allylic oxidation sites excluding steroid dienone is 1. The molecule has 1 aliphatic rings. The number of rotatable bonds is 12. The maximum atomic E-state index is 12.4. The number of carboxylic acid groups (broad SMARTS) is 1. The largest absolute Gasteiger partial charge is 0.490 e. The van der Waals surface area contributed by atoms with E-state index in [-0.39, 0.29) is 22.8 Å². The molecule has 0 bridgehead atoms. The van der Waals surface area contributed by atoms with E-state index in [0.717, 1.165) is 0 Å². The molecule has 0 radical (unpaired) electrons. The van der Waals surface area contributed by atoms with Gasteiger partial charge in [0.05, 0.1) is 42.1 Å². The smallest absolute Gasteiger partial charge is 0.337 e. The summed E-state index contributed by atoms with van der Waals surface area (Å²) in [6.07, 6.45) is 0.143. The van der Waals surface area contributed by atoms with Crippen LogP contribution in [0.4, 0.5) is 4.79 Å². The first-order valence-electron chi connectivity index (χ1n) is 13.0. The van der Waals surface area contributed by atoms with Crippen LogP contribution in [0.25, 0.3) is 11.3 Å². The Morgan fingerprint density at radius 2 is 1.95 bits per heavy atom. The number of halogens is 1. The number of carbonyl (C=O) groups is 3. The average Bonchev–Trinajstić information content (AvgIpc) is 3.44. The van der Waals surface area contributed by atoms with Crippen molar-refractivity contribution in [2.75, 3.05) is 20.3 Å². The number of aliphatic hydroxyl groups is 1. The summed E-state index contributed by atoms with van der Waals surface area (Å²) in [4.78, 5) is 35.7. The number of nitrogens with one attached hydrogen (secondary N) is 3. The topological polar surface area (TPSA) is 181 Å². The fraction of sp³-hybridized carbons (Fsp3) is 0.241. The molecule has 13 nitrogen and oxygen atoms in total. The van der Waals surface area contributed by atoms with Crippen LogP contribution in [0.3, 0.4) is 0 Å². The minimum absolute atomic E-state index is 0.0151. The van der Waals surface area contributed by atoms with Crippen molar-refractivity contribution in [3.05, 3.63) is 81.7 Å². The average molecular weight is 613 g/mol. The summed E-state index contributed by atoms with van der Waals surface area (Å²) in [5.41, 5.74) is 4.28. The molecule has 0 unspecified atom stereocenters. The molecule has 3 aromatic rings. The maximum Gasteiger partial charge on any atom is 0.337 e. The number of esters is 1. The van der Waals surface area contributed by atoms with Crippen LogP contribution in [-0.4, -0.2) is 60.9 Å². The van der Waals surface area contributed by atoms with Crippen molar-refractivity contribution < 1.29 is 43.2 Å². The van der Waals surface area contributed by atoms with Crippen LogP contribution in [0.2, 0.25) is 5.02 Å². The third-order valence-corrected chi connectivity index (χ3v) is 6.51. The summed E-state index contributed by atoms with van der Waals surface area (Å²) in [7, 11) is 1.26. The van der Waals surface area contributed by atoms with Crippen molar-refractivity contribution in [1.29, 1.82) is 0 Å². The van der Waals surface area contributed by atoms with Crippen LogP contribution in [-0.2, 0) is 9.53 Å². The number of aliphatic hydroxyl groups excluding tert-OH is 1. The molecule has 5 N–H and O–H groups in total. The molecule has 1 aromatic heterocycles. The molecule has 2 atom stereocenters. The third kappa shape index (κ3) is 7.45. The second-order valence-electron chi connectivity index (χ2n) is 9.12. The molecule has 0 saturated heterocycles. The standard InChI is InChI=1S/C29H29ClN4O9/c1-4-41-23-12-17(26-25(28(38)40-3)15(2)32-29(39)33-26)6-9-22(23)42-14-24(35)34-31-13-18-7-10-21(43-18)16-5-8-19(27(36)37)20(30)11-16/h5-13,24,26,34-35H,4,14H2,1-3H3,(H,36,37)(H2,32,33,39)/b31-13-/t24-,26-/m1/s1. The number of amides is 2. The zero-order valence-corrected chi connectivity index (χ0v) is 24.1. The zero-order chi connectivity index (χ0) is 31.1. The minimum atomic E-state index is -1.21. The highest BCUT2D eigenvalue weighted by Crippen LogP contribution is 2.35. The Labute approximate surface area is 251 Å². The number of carbonyl (C=O) groups excluding carboxylic acids is 2. The second-order valence-corrected chi connectivity index (χ2v) is 9.52. The number of hydrazone groups is 1. The van der Waals surface area contributed by atoms with Gasteiger partial charge in [0.2, 0.25) is 0 Å². The fourth-order valence-corrected chi connectivity index (χ4v) is 4.49. The van der Waals surface area contributed by atoms with E-state index in [2.05, 4.69) is 21.2 Å². The second kappa shape index (κ2) is 13.8. The number of furan rings is 1. The van der Waals surface area contributed by atoms with Gasteiger partial charge in [-0.05, 0) is 55.8 Å². The number of benzene rings is 2. The van der Waals surface area contributed by atoms with Crippen LogP contribution in [0.1, 0.15) is 41.6 Å². The Hall–Kier alpha value is -5.01. The van der Waals surface area contributed by atoms with E-state index in [0.29, 0.717) is 46.5 Å². The summed E-state index contributed by atoms with van der Waals surface area (Å²) in [5.74, 6) is -0.248. The molecule has 226 valence electrons. The first kappa shape index (κ1) is 30.9.